The fraction of sp³-hybridized carbons (Fsp3) is 0.577. The van der Waals surface area contributed by atoms with Gasteiger partial charge in [0.1, 0.15) is 17.2 Å². The SMILES string of the molecule is CCCCOC1c2ccccc2C(=O)N(CC2CC2)C1(C=CC(=O)O)CNC(=O)OC(C)(C)C. The second kappa shape index (κ2) is 10.6. The number of ether oxygens (including phenoxy) is 2. The molecular weight excluding hydrogens is 436 g/mol. The number of nitrogens with zero attached hydrogens (tertiary/aromatic N) is 1. The first kappa shape index (κ1) is 25.7. The molecule has 0 aromatic heterocycles. The summed E-state index contributed by atoms with van der Waals surface area (Å²) in [5.74, 6) is -0.995. The molecule has 1 saturated carbocycles. The van der Waals surface area contributed by atoms with Gasteiger partial charge in [-0.05, 0) is 63.7 Å². The highest BCUT2D eigenvalue weighted by molar-refractivity contribution is 5.98. The first-order chi connectivity index (χ1) is 16.1. The fourth-order valence-electron chi connectivity index (χ4n) is 4.22. The molecule has 34 heavy (non-hydrogen) atoms. The van der Waals surface area contributed by atoms with Gasteiger partial charge in [-0.25, -0.2) is 9.59 Å². The molecule has 8 nitrogen and oxygen atoms in total. The molecule has 0 radical (unpaired) electrons. The van der Waals surface area contributed by atoms with E-state index in [1.807, 2.05) is 18.2 Å². The summed E-state index contributed by atoms with van der Waals surface area (Å²) in [6, 6.07) is 7.27. The van der Waals surface area contributed by atoms with Gasteiger partial charge in [0.05, 0.1) is 6.54 Å². The minimum atomic E-state index is -1.23. The highest BCUT2D eigenvalue weighted by Crippen LogP contribution is 2.45. The molecule has 1 aliphatic heterocycles. The molecule has 2 N–H and O–H groups in total. The molecule has 1 fully saturated rings. The highest BCUT2D eigenvalue weighted by atomic mass is 16.6. The van der Waals surface area contributed by atoms with Gasteiger partial charge < -0.3 is 24.8 Å². The number of hydrogen-bond donors (Lipinski definition) is 2. The number of carbonyl (C=O) groups excluding carboxylic acids is 2. The zero-order valence-electron chi connectivity index (χ0n) is 20.5. The second-order valence-corrected chi connectivity index (χ2v) is 10.1. The van der Waals surface area contributed by atoms with Crippen LogP contribution in [0.15, 0.2) is 36.4 Å². The number of rotatable bonds is 10. The average molecular weight is 473 g/mol. The Labute approximate surface area is 201 Å². The summed E-state index contributed by atoms with van der Waals surface area (Å²) in [7, 11) is 0. The van der Waals surface area contributed by atoms with Crippen LogP contribution in [0.25, 0.3) is 0 Å². The van der Waals surface area contributed by atoms with Crippen LogP contribution in [-0.4, -0.2) is 58.8 Å². The third-order valence-electron chi connectivity index (χ3n) is 6.02. The average Bonchev–Trinajstić information content (AvgIpc) is 3.58. The molecule has 0 saturated heterocycles. The van der Waals surface area contributed by atoms with Gasteiger partial charge in [0, 0.05) is 24.8 Å². The predicted octanol–water partition coefficient (Wildman–Crippen LogP) is 4.31. The Balaban J connectivity index is 2.09. The molecule has 1 aromatic rings. The van der Waals surface area contributed by atoms with Crippen molar-refractivity contribution in [3.63, 3.8) is 0 Å². The Kier molecular flexibility index (Phi) is 8.02. The van der Waals surface area contributed by atoms with E-state index >= 15 is 0 Å². The van der Waals surface area contributed by atoms with Crippen molar-refractivity contribution in [2.75, 3.05) is 19.7 Å². The molecule has 3 rings (SSSR count). The Morgan fingerprint density at radius 3 is 2.59 bits per heavy atom. The molecule has 0 bridgehead atoms. The third kappa shape index (κ3) is 6.17. The van der Waals surface area contributed by atoms with Crippen molar-refractivity contribution >= 4 is 18.0 Å². The zero-order chi connectivity index (χ0) is 24.9. The third-order valence-corrected chi connectivity index (χ3v) is 6.02. The number of aliphatic carboxylic acids is 1. The second-order valence-electron chi connectivity index (χ2n) is 10.1. The van der Waals surface area contributed by atoms with Crippen molar-refractivity contribution < 1.29 is 29.0 Å². The van der Waals surface area contributed by atoms with Gasteiger partial charge in [-0.3, -0.25) is 4.79 Å². The monoisotopic (exact) mass is 472 g/mol. The van der Waals surface area contributed by atoms with E-state index in [1.54, 1.807) is 31.7 Å². The molecule has 1 aliphatic carbocycles. The number of unbranched alkanes of at least 4 members (excludes halogenated alkanes) is 1. The standard InChI is InChI=1S/C26H36N2O6/c1-5-6-15-33-22-19-9-7-8-10-20(19)23(31)28(16-18-11-12-18)26(22,14-13-21(29)30)17-27-24(32)34-25(2,3)4/h7-10,13-14,18,22H,5-6,11-12,15-17H2,1-4H3,(H,27,32)(H,29,30). The number of alkyl carbamates (subject to hydrolysis) is 1. The Morgan fingerprint density at radius 1 is 1.26 bits per heavy atom. The summed E-state index contributed by atoms with van der Waals surface area (Å²) >= 11 is 0. The molecule has 2 amide bonds. The van der Waals surface area contributed by atoms with Crippen molar-refractivity contribution in [2.45, 2.75) is 70.6 Å². The van der Waals surface area contributed by atoms with Crippen molar-refractivity contribution in [2.24, 2.45) is 5.92 Å². The van der Waals surface area contributed by atoms with E-state index in [4.69, 9.17) is 9.47 Å². The van der Waals surface area contributed by atoms with Crippen LogP contribution in [-0.2, 0) is 14.3 Å². The summed E-state index contributed by atoms with van der Waals surface area (Å²) in [6.45, 7) is 8.21. The van der Waals surface area contributed by atoms with Gasteiger partial charge in [-0.1, -0.05) is 31.5 Å². The number of benzene rings is 1. The predicted molar refractivity (Wildman–Crippen MR) is 128 cm³/mol. The van der Waals surface area contributed by atoms with Crippen LogP contribution in [0.3, 0.4) is 0 Å². The van der Waals surface area contributed by atoms with Crippen molar-refractivity contribution in [1.82, 2.24) is 10.2 Å². The van der Waals surface area contributed by atoms with Gasteiger partial charge in [0.2, 0.25) is 0 Å². The van der Waals surface area contributed by atoms with Crippen LogP contribution in [0.4, 0.5) is 4.79 Å². The minimum Gasteiger partial charge on any atom is -0.478 e. The van der Waals surface area contributed by atoms with Gasteiger partial charge in [0.25, 0.3) is 5.91 Å². The van der Waals surface area contributed by atoms with Crippen LogP contribution in [0.5, 0.6) is 0 Å². The summed E-state index contributed by atoms with van der Waals surface area (Å²) in [5, 5.41) is 12.3. The molecule has 0 spiro atoms. The van der Waals surface area contributed by atoms with Gasteiger partial charge in [0.15, 0.2) is 0 Å². The lowest BCUT2D eigenvalue weighted by Gasteiger charge is -2.50. The van der Waals surface area contributed by atoms with Crippen LogP contribution in [0.2, 0.25) is 0 Å². The number of hydrogen-bond acceptors (Lipinski definition) is 5. The molecule has 2 aliphatic rings. The van der Waals surface area contributed by atoms with Crippen LogP contribution < -0.4 is 5.32 Å². The first-order valence-electron chi connectivity index (χ1n) is 12.0. The normalized spacial score (nSPS) is 22.5. The fourth-order valence-corrected chi connectivity index (χ4v) is 4.22. The zero-order valence-corrected chi connectivity index (χ0v) is 20.5. The van der Waals surface area contributed by atoms with Gasteiger partial charge in [-0.2, -0.15) is 0 Å². The highest BCUT2D eigenvalue weighted by Gasteiger charge is 2.52. The van der Waals surface area contributed by atoms with E-state index in [9.17, 15) is 19.5 Å². The minimum absolute atomic E-state index is 0.0463. The first-order valence-corrected chi connectivity index (χ1v) is 12.0. The maximum absolute atomic E-state index is 13.7. The largest absolute Gasteiger partial charge is 0.478 e. The van der Waals surface area contributed by atoms with Crippen LogP contribution >= 0.6 is 0 Å². The van der Waals surface area contributed by atoms with E-state index < -0.39 is 29.3 Å². The molecule has 1 aromatic carbocycles. The lowest BCUT2D eigenvalue weighted by Crippen LogP contribution is -2.64. The lowest BCUT2D eigenvalue weighted by atomic mass is 9.78. The van der Waals surface area contributed by atoms with Crippen LogP contribution in [0.1, 0.15) is 75.4 Å². The molecule has 1 heterocycles. The Hall–Kier alpha value is -2.87. The van der Waals surface area contributed by atoms with E-state index in [0.29, 0.717) is 30.2 Å². The summed E-state index contributed by atoms with van der Waals surface area (Å²) in [5.41, 5.74) is -0.691. The lowest BCUT2D eigenvalue weighted by molar-refractivity contribution is -0.131. The summed E-state index contributed by atoms with van der Waals surface area (Å²) in [4.78, 5) is 39.6. The number of carboxylic acid groups (broad SMARTS) is 1. The van der Waals surface area contributed by atoms with E-state index in [2.05, 4.69) is 12.2 Å². The van der Waals surface area contributed by atoms with Gasteiger partial charge >= 0.3 is 12.1 Å². The number of carbonyl (C=O) groups is 3. The molecule has 2 unspecified atom stereocenters. The van der Waals surface area contributed by atoms with Crippen molar-refractivity contribution in [1.29, 1.82) is 0 Å². The number of carboxylic acids is 1. The number of nitrogens with one attached hydrogen (secondary N) is 1. The summed E-state index contributed by atoms with van der Waals surface area (Å²) in [6.07, 6.45) is 4.99. The van der Waals surface area contributed by atoms with Crippen LogP contribution in [0, 0.1) is 5.92 Å². The maximum atomic E-state index is 13.7. The molecule has 186 valence electrons. The molecule has 2 atom stereocenters. The summed E-state index contributed by atoms with van der Waals surface area (Å²) < 4.78 is 11.8. The number of fused-ring (bicyclic) bond motifs is 1. The molecular formula is C26H36N2O6. The van der Waals surface area contributed by atoms with Crippen molar-refractivity contribution in [3.8, 4) is 0 Å². The van der Waals surface area contributed by atoms with E-state index in [0.717, 1.165) is 31.8 Å². The Bertz CT molecular complexity index is 933. The van der Waals surface area contributed by atoms with E-state index in [1.165, 1.54) is 6.08 Å². The smallest absolute Gasteiger partial charge is 0.407 e. The topological polar surface area (TPSA) is 105 Å². The molecule has 8 heteroatoms. The maximum Gasteiger partial charge on any atom is 0.407 e. The van der Waals surface area contributed by atoms with Gasteiger partial charge in [-0.15, -0.1) is 0 Å². The number of amides is 2. The van der Waals surface area contributed by atoms with Crippen molar-refractivity contribution in [3.05, 3.63) is 47.5 Å². The Morgan fingerprint density at radius 2 is 1.97 bits per heavy atom. The van der Waals surface area contributed by atoms with E-state index in [-0.39, 0.29) is 12.5 Å². The quantitative estimate of drug-likeness (QED) is 0.388.